The van der Waals surface area contributed by atoms with E-state index in [0.29, 0.717) is 16.9 Å². The van der Waals surface area contributed by atoms with Gasteiger partial charge in [0.2, 0.25) is 11.1 Å². The molecular formula is C25H31N5O2S. The first-order valence-corrected chi connectivity index (χ1v) is 12.3. The van der Waals surface area contributed by atoms with Gasteiger partial charge in [0.1, 0.15) is 12.4 Å². The van der Waals surface area contributed by atoms with Crippen LogP contribution in [-0.4, -0.2) is 26.5 Å². The Morgan fingerprint density at radius 3 is 2.91 bits per heavy atom. The van der Waals surface area contributed by atoms with Crippen LogP contribution in [0, 0.1) is 6.92 Å². The Labute approximate surface area is 199 Å². The van der Waals surface area contributed by atoms with E-state index < -0.39 is 0 Å². The highest BCUT2D eigenvalue weighted by Crippen LogP contribution is 2.30. The standard InChI is InChI=1S/C25H31N5O2S/c1-16(2)19-12-11-17(3)13-22(19)32-14-23-28-29-25(30(23)26)33-15-24(31)27-21-10-6-8-18-7-4-5-9-20(18)21/h4-5,7,9,11-13,16,21H,6,8,10,14-15,26H2,1-3H3,(H,27,31)/t21-/m1/s1. The fourth-order valence-electron chi connectivity index (χ4n) is 4.16. The number of nitrogen functional groups attached to an aromatic ring is 1. The van der Waals surface area contributed by atoms with Crippen molar-refractivity contribution in [1.29, 1.82) is 0 Å². The number of hydrogen-bond donors (Lipinski definition) is 2. The van der Waals surface area contributed by atoms with Crippen LogP contribution in [-0.2, 0) is 17.8 Å². The van der Waals surface area contributed by atoms with E-state index >= 15 is 0 Å². The van der Waals surface area contributed by atoms with E-state index in [1.54, 1.807) is 0 Å². The molecule has 8 heteroatoms. The smallest absolute Gasteiger partial charge is 0.230 e. The quantitative estimate of drug-likeness (QED) is 0.381. The number of nitrogens with one attached hydrogen (secondary N) is 1. The lowest BCUT2D eigenvalue weighted by molar-refractivity contribution is -0.119. The number of carbonyl (C=O) groups excluding carboxylic acids is 1. The molecule has 0 bridgehead atoms. The summed E-state index contributed by atoms with van der Waals surface area (Å²) in [6.45, 7) is 6.51. The minimum atomic E-state index is -0.0381. The maximum absolute atomic E-state index is 12.6. The Kier molecular flexibility index (Phi) is 7.23. The molecule has 1 aliphatic rings. The fourth-order valence-corrected chi connectivity index (χ4v) is 4.85. The van der Waals surface area contributed by atoms with Crippen LogP contribution in [0.4, 0.5) is 0 Å². The molecule has 1 heterocycles. The molecule has 3 N–H and O–H groups in total. The first kappa shape index (κ1) is 23.2. The second kappa shape index (κ2) is 10.3. The molecule has 2 aromatic carbocycles. The van der Waals surface area contributed by atoms with Crippen LogP contribution in [0.5, 0.6) is 5.75 Å². The molecule has 33 heavy (non-hydrogen) atoms. The zero-order chi connectivity index (χ0) is 23.4. The molecule has 174 valence electrons. The Balaban J connectivity index is 1.34. The predicted octanol–water partition coefficient (Wildman–Crippen LogP) is 4.29. The minimum Gasteiger partial charge on any atom is -0.485 e. The lowest BCUT2D eigenvalue weighted by Gasteiger charge is -2.26. The molecule has 0 saturated heterocycles. The van der Waals surface area contributed by atoms with Gasteiger partial charge in [-0.3, -0.25) is 4.79 Å². The van der Waals surface area contributed by atoms with Crippen LogP contribution in [0.25, 0.3) is 0 Å². The third-order valence-corrected chi connectivity index (χ3v) is 6.86. The van der Waals surface area contributed by atoms with Gasteiger partial charge < -0.3 is 15.9 Å². The Bertz CT molecular complexity index is 1130. The van der Waals surface area contributed by atoms with Gasteiger partial charge >= 0.3 is 0 Å². The lowest BCUT2D eigenvalue weighted by Crippen LogP contribution is -2.32. The van der Waals surface area contributed by atoms with Gasteiger partial charge in [0.05, 0.1) is 11.8 Å². The molecule has 4 rings (SSSR count). The highest BCUT2D eigenvalue weighted by Gasteiger charge is 2.22. The van der Waals surface area contributed by atoms with Crippen molar-refractivity contribution < 1.29 is 9.53 Å². The van der Waals surface area contributed by atoms with Crippen molar-refractivity contribution in [1.82, 2.24) is 20.2 Å². The maximum Gasteiger partial charge on any atom is 0.230 e. The highest BCUT2D eigenvalue weighted by atomic mass is 32.2. The molecule has 7 nitrogen and oxygen atoms in total. The predicted molar refractivity (Wildman–Crippen MR) is 131 cm³/mol. The number of hydrogen-bond acceptors (Lipinski definition) is 6. The molecule has 0 saturated carbocycles. The first-order valence-electron chi connectivity index (χ1n) is 11.3. The molecule has 0 spiro atoms. The number of fused-ring (bicyclic) bond motifs is 1. The number of benzene rings is 2. The van der Waals surface area contributed by atoms with Crippen molar-refractivity contribution in [3.63, 3.8) is 0 Å². The monoisotopic (exact) mass is 465 g/mol. The Morgan fingerprint density at radius 2 is 2.09 bits per heavy atom. The van der Waals surface area contributed by atoms with E-state index in [2.05, 4.69) is 59.7 Å². The van der Waals surface area contributed by atoms with E-state index in [-0.39, 0.29) is 24.3 Å². The largest absolute Gasteiger partial charge is 0.485 e. The van der Waals surface area contributed by atoms with Gasteiger partial charge in [0.25, 0.3) is 0 Å². The number of aryl methyl sites for hydroxylation is 2. The molecule has 0 aliphatic heterocycles. The van der Waals surface area contributed by atoms with Crippen LogP contribution in [0.2, 0.25) is 0 Å². The number of aromatic nitrogens is 3. The van der Waals surface area contributed by atoms with Gasteiger partial charge in [-0.2, -0.15) is 0 Å². The summed E-state index contributed by atoms with van der Waals surface area (Å²) in [5.74, 6) is 8.06. The summed E-state index contributed by atoms with van der Waals surface area (Å²) >= 11 is 1.27. The molecule has 1 amide bonds. The average Bonchev–Trinajstić information content (AvgIpc) is 3.15. The van der Waals surface area contributed by atoms with Gasteiger partial charge in [0, 0.05) is 0 Å². The van der Waals surface area contributed by atoms with Crippen LogP contribution in [0.3, 0.4) is 0 Å². The summed E-state index contributed by atoms with van der Waals surface area (Å²) in [5, 5.41) is 12.0. The van der Waals surface area contributed by atoms with Gasteiger partial charge in [-0.1, -0.05) is 62.0 Å². The van der Waals surface area contributed by atoms with Crippen molar-refractivity contribution in [3.8, 4) is 5.75 Å². The molecular weight excluding hydrogens is 434 g/mol. The normalized spacial score (nSPS) is 15.3. The van der Waals surface area contributed by atoms with E-state index in [1.165, 1.54) is 27.6 Å². The van der Waals surface area contributed by atoms with Crippen LogP contribution in [0.15, 0.2) is 47.6 Å². The molecule has 0 unspecified atom stereocenters. The summed E-state index contributed by atoms with van der Waals surface area (Å²) in [6.07, 6.45) is 3.11. The van der Waals surface area contributed by atoms with Gasteiger partial charge in [-0.25, -0.2) is 4.68 Å². The van der Waals surface area contributed by atoms with E-state index in [9.17, 15) is 4.79 Å². The summed E-state index contributed by atoms with van der Waals surface area (Å²) < 4.78 is 7.43. The zero-order valence-corrected chi connectivity index (χ0v) is 20.2. The van der Waals surface area contributed by atoms with Crippen LogP contribution >= 0.6 is 11.8 Å². The number of nitrogens with two attached hydrogens (primary N) is 1. The fraction of sp³-hybridized carbons (Fsp3) is 0.400. The SMILES string of the molecule is Cc1ccc(C(C)C)c(OCc2nnc(SCC(=O)N[C@@H]3CCCc4ccccc43)n2N)c1. The molecule has 1 atom stereocenters. The molecule has 1 aliphatic carbocycles. The van der Waals surface area contributed by atoms with Crippen molar-refractivity contribution >= 4 is 17.7 Å². The molecule has 0 fully saturated rings. The van der Waals surface area contributed by atoms with Crippen molar-refractivity contribution in [3.05, 3.63) is 70.5 Å². The van der Waals surface area contributed by atoms with Crippen molar-refractivity contribution in [2.75, 3.05) is 11.6 Å². The number of amides is 1. The van der Waals surface area contributed by atoms with E-state index in [0.717, 1.165) is 36.1 Å². The topological polar surface area (TPSA) is 95.1 Å². The second-order valence-electron chi connectivity index (χ2n) is 8.75. The van der Waals surface area contributed by atoms with Gasteiger partial charge in [-0.05, 0) is 60.4 Å². The summed E-state index contributed by atoms with van der Waals surface area (Å²) in [6, 6.07) is 14.6. The average molecular weight is 466 g/mol. The summed E-state index contributed by atoms with van der Waals surface area (Å²) in [5.41, 5.74) is 4.81. The van der Waals surface area contributed by atoms with E-state index in [4.69, 9.17) is 10.6 Å². The second-order valence-corrected chi connectivity index (χ2v) is 9.70. The summed E-state index contributed by atoms with van der Waals surface area (Å²) in [4.78, 5) is 12.6. The van der Waals surface area contributed by atoms with E-state index in [1.807, 2.05) is 19.1 Å². The third kappa shape index (κ3) is 5.50. The minimum absolute atomic E-state index is 0.0381. The van der Waals surface area contributed by atoms with Crippen molar-refractivity contribution in [2.24, 2.45) is 0 Å². The third-order valence-electron chi connectivity index (χ3n) is 5.92. The zero-order valence-electron chi connectivity index (χ0n) is 19.4. The number of ether oxygens (including phenoxy) is 1. The molecule has 3 aromatic rings. The summed E-state index contributed by atoms with van der Waals surface area (Å²) in [7, 11) is 0. The number of nitrogens with zero attached hydrogens (tertiary/aromatic N) is 3. The van der Waals surface area contributed by atoms with Crippen molar-refractivity contribution in [2.45, 2.75) is 63.8 Å². The van der Waals surface area contributed by atoms with Crippen LogP contribution < -0.4 is 15.9 Å². The number of carbonyl (C=O) groups is 1. The Morgan fingerprint density at radius 1 is 1.27 bits per heavy atom. The molecule has 0 radical (unpaired) electrons. The maximum atomic E-state index is 12.6. The number of thioether (sulfide) groups is 1. The Hall–Kier alpha value is -3.00. The van der Waals surface area contributed by atoms with Gasteiger partial charge in [-0.15, -0.1) is 10.2 Å². The first-order chi connectivity index (χ1) is 15.9. The lowest BCUT2D eigenvalue weighted by atomic mass is 9.88. The van der Waals surface area contributed by atoms with Crippen LogP contribution in [0.1, 0.15) is 66.7 Å². The number of rotatable bonds is 8. The molecule has 1 aromatic heterocycles. The highest BCUT2D eigenvalue weighted by molar-refractivity contribution is 7.99. The van der Waals surface area contributed by atoms with Gasteiger partial charge in [0.15, 0.2) is 5.82 Å².